The molecule has 29 heavy (non-hydrogen) atoms. The highest BCUT2D eigenvalue weighted by atomic mass is 35.5. The van der Waals surface area contributed by atoms with Gasteiger partial charge >= 0.3 is 0 Å². The van der Waals surface area contributed by atoms with Gasteiger partial charge in [0.15, 0.2) is 21.1 Å². The van der Waals surface area contributed by atoms with Crippen LogP contribution in [0.2, 0.25) is 5.02 Å². The van der Waals surface area contributed by atoms with Crippen molar-refractivity contribution in [2.75, 3.05) is 5.75 Å². The van der Waals surface area contributed by atoms with Gasteiger partial charge in [-0.05, 0) is 49.4 Å². The number of benzene rings is 1. The summed E-state index contributed by atoms with van der Waals surface area (Å²) in [6, 6.07) is 5.58. The molecule has 2 atom stereocenters. The molecule has 0 radical (unpaired) electrons. The van der Waals surface area contributed by atoms with E-state index in [1.165, 1.54) is 12.1 Å². The van der Waals surface area contributed by atoms with Gasteiger partial charge in [-0.3, -0.25) is 4.40 Å². The normalized spacial score (nSPS) is 20.1. The molecule has 1 aromatic carbocycles. The Morgan fingerprint density at radius 1 is 1.24 bits per heavy atom. The van der Waals surface area contributed by atoms with Crippen molar-refractivity contribution >= 4 is 38.2 Å². The van der Waals surface area contributed by atoms with E-state index in [2.05, 4.69) is 20.2 Å². The van der Waals surface area contributed by atoms with E-state index in [1.807, 2.05) is 16.7 Å². The fourth-order valence-electron chi connectivity index (χ4n) is 4.25. The Hall–Kier alpha value is -2.52. The number of hydrogen-bond donors (Lipinski definition) is 1. The summed E-state index contributed by atoms with van der Waals surface area (Å²) in [5.74, 6) is -0.0842. The molecule has 1 fully saturated rings. The molecule has 150 valence electrons. The number of aromatic amines is 1. The van der Waals surface area contributed by atoms with Crippen molar-refractivity contribution in [3.8, 4) is 0 Å². The zero-order valence-electron chi connectivity index (χ0n) is 15.2. The predicted molar refractivity (Wildman–Crippen MR) is 106 cm³/mol. The SMILES string of the molecule is O=S(=O)(C[C@H]1CC[C@@H](c2nnc3cnc4[nH]ccc4n23)C1)c1ccc(Cl)cc1F. The molecule has 3 aromatic heterocycles. The largest absolute Gasteiger partial charge is 0.345 e. The van der Waals surface area contributed by atoms with Crippen LogP contribution in [-0.4, -0.2) is 38.7 Å². The highest BCUT2D eigenvalue weighted by molar-refractivity contribution is 7.91. The molecule has 3 heterocycles. The van der Waals surface area contributed by atoms with Crippen LogP contribution >= 0.6 is 11.6 Å². The summed E-state index contributed by atoms with van der Waals surface area (Å²) in [6.45, 7) is 0. The summed E-state index contributed by atoms with van der Waals surface area (Å²) in [5, 5.41) is 8.74. The number of rotatable bonds is 4. The molecule has 10 heteroatoms. The minimum absolute atomic E-state index is 0.0732. The average molecular weight is 434 g/mol. The average Bonchev–Trinajstić information content (AvgIpc) is 3.38. The Labute approximate surface area is 170 Å². The molecule has 1 N–H and O–H groups in total. The van der Waals surface area contributed by atoms with Gasteiger partial charge in [-0.1, -0.05) is 11.6 Å². The number of sulfone groups is 1. The first-order valence-corrected chi connectivity index (χ1v) is 11.3. The second-order valence-corrected chi connectivity index (χ2v) is 9.89. The first-order chi connectivity index (χ1) is 13.9. The zero-order valence-corrected chi connectivity index (χ0v) is 16.8. The second kappa shape index (κ2) is 6.77. The molecule has 0 saturated heterocycles. The minimum atomic E-state index is -3.74. The van der Waals surface area contributed by atoms with E-state index in [0.717, 1.165) is 35.9 Å². The summed E-state index contributed by atoms with van der Waals surface area (Å²) >= 11 is 5.74. The molecule has 0 amide bonds. The molecular formula is C19H17ClFN5O2S. The molecule has 7 nitrogen and oxygen atoms in total. The Kier molecular flexibility index (Phi) is 4.32. The monoisotopic (exact) mass is 433 g/mol. The van der Waals surface area contributed by atoms with Crippen LogP contribution in [0.15, 0.2) is 41.6 Å². The van der Waals surface area contributed by atoms with Gasteiger partial charge in [0.2, 0.25) is 0 Å². The Morgan fingerprint density at radius 2 is 2.10 bits per heavy atom. The van der Waals surface area contributed by atoms with Crippen LogP contribution in [0.4, 0.5) is 4.39 Å². The molecule has 5 rings (SSSR count). The Bertz CT molecular complexity index is 1330. The third-order valence-corrected chi connectivity index (χ3v) is 7.70. The van der Waals surface area contributed by atoms with Crippen LogP contribution < -0.4 is 0 Å². The third-order valence-electron chi connectivity index (χ3n) is 5.56. The van der Waals surface area contributed by atoms with E-state index in [-0.39, 0.29) is 27.5 Å². The molecule has 0 unspecified atom stereocenters. The number of nitrogens with one attached hydrogen (secondary N) is 1. The molecule has 0 aliphatic heterocycles. The number of aromatic nitrogens is 5. The molecule has 0 bridgehead atoms. The van der Waals surface area contributed by atoms with Crippen LogP contribution in [0.5, 0.6) is 0 Å². The number of nitrogens with zero attached hydrogens (tertiary/aromatic N) is 4. The van der Waals surface area contributed by atoms with Crippen molar-refractivity contribution in [3.05, 3.63) is 53.3 Å². The van der Waals surface area contributed by atoms with Crippen LogP contribution in [-0.2, 0) is 9.84 Å². The van der Waals surface area contributed by atoms with Gasteiger partial charge in [-0.2, -0.15) is 0 Å². The fourth-order valence-corrected chi connectivity index (χ4v) is 6.14. The Morgan fingerprint density at radius 3 is 2.93 bits per heavy atom. The maximum atomic E-state index is 14.1. The summed E-state index contributed by atoms with van der Waals surface area (Å²) in [5.41, 5.74) is 2.29. The minimum Gasteiger partial charge on any atom is -0.345 e. The molecule has 1 saturated carbocycles. The lowest BCUT2D eigenvalue weighted by Gasteiger charge is -2.12. The first kappa shape index (κ1) is 18.5. The first-order valence-electron chi connectivity index (χ1n) is 9.27. The second-order valence-electron chi connectivity index (χ2n) is 7.45. The highest BCUT2D eigenvalue weighted by Crippen LogP contribution is 2.39. The van der Waals surface area contributed by atoms with Crippen LogP contribution in [0.1, 0.15) is 31.0 Å². The number of H-pyrrole nitrogens is 1. The van der Waals surface area contributed by atoms with E-state index in [1.54, 1.807) is 6.20 Å². The number of hydrogen-bond acceptors (Lipinski definition) is 5. The topological polar surface area (TPSA) is 93.0 Å². The van der Waals surface area contributed by atoms with E-state index in [0.29, 0.717) is 12.1 Å². The van der Waals surface area contributed by atoms with E-state index in [4.69, 9.17) is 11.6 Å². The predicted octanol–water partition coefficient (Wildman–Crippen LogP) is 3.76. The number of fused-ring (bicyclic) bond motifs is 3. The Balaban J connectivity index is 1.41. The fraction of sp³-hybridized carbons (Fsp3) is 0.316. The quantitative estimate of drug-likeness (QED) is 0.529. The summed E-state index contributed by atoms with van der Waals surface area (Å²) in [7, 11) is -3.74. The maximum absolute atomic E-state index is 14.1. The van der Waals surface area contributed by atoms with Gasteiger partial charge in [0.05, 0.1) is 17.5 Å². The van der Waals surface area contributed by atoms with E-state index >= 15 is 0 Å². The summed E-state index contributed by atoms with van der Waals surface area (Å²) in [6.07, 6.45) is 5.66. The molecule has 4 aromatic rings. The summed E-state index contributed by atoms with van der Waals surface area (Å²) < 4.78 is 41.6. The molecule has 1 aliphatic rings. The lowest BCUT2D eigenvalue weighted by atomic mass is 10.1. The smallest absolute Gasteiger partial charge is 0.181 e. The van der Waals surface area contributed by atoms with Gasteiger partial charge in [0.25, 0.3) is 0 Å². The maximum Gasteiger partial charge on any atom is 0.181 e. The molecular weight excluding hydrogens is 417 g/mol. The lowest BCUT2D eigenvalue weighted by molar-refractivity contribution is 0.538. The molecule has 0 spiro atoms. The van der Waals surface area contributed by atoms with E-state index in [9.17, 15) is 12.8 Å². The van der Waals surface area contributed by atoms with Gasteiger partial charge in [0, 0.05) is 17.1 Å². The van der Waals surface area contributed by atoms with Gasteiger partial charge in [-0.25, -0.2) is 17.8 Å². The van der Waals surface area contributed by atoms with Gasteiger partial charge in [-0.15, -0.1) is 10.2 Å². The van der Waals surface area contributed by atoms with Crippen LogP contribution in [0.3, 0.4) is 0 Å². The highest BCUT2D eigenvalue weighted by Gasteiger charge is 2.33. The van der Waals surface area contributed by atoms with Crippen molar-refractivity contribution in [1.82, 2.24) is 24.6 Å². The standard InChI is InChI=1S/C19H17ClFN5O2S/c20-13-3-4-16(14(21)8-13)29(27,28)10-11-1-2-12(7-11)19-25-24-17-9-23-18-15(26(17)19)5-6-22-18/h3-6,8-9,11-12,22H,1-2,7,10H2/t11-,12+/m0/s1. The van der Waals surface area contributed by atoms with Crippen LogP contribution in [0.25, 0.3) is 16.8 Å². The molecule has 1 aliphatic carbocycles. The van der Waals surface area contributed by atoms with Gasteiger partial charge in [0.1, 0.15) is 16.5 Å². The lowest BCUT2D eigenvalue weighted by Crippen LogP contribution is -2.16. The van der Waals surface area contributed by atoms with Crippen molar-refractivity contribution < 1.29 is 12.8 Å². The van der Waals surface area contributed by atoms with Crippen molar-refractivity contribution in [3.63, 3.8) is 0 Å². The van der Waals surface area contributed by atoms with Crippen molar-refractivity contribution in [2.45, 2.75) is 30.1 Å². The van der Waals surface area contributed by atoms with Crippen molar-refractivity contribution in [1.29, 1.82) is 0 Å². The summed E-state index contributed by atoms with van der Waals surface area (Å²) in [4.78, 5) is 7.10. The van der Waals surface area contributed by atoms with E-state index < -0.39 is 15.7 Å². The van der Waals surface area contributed by atoms with Crippen molar-refractivity contribution in [2.24, 2.45) is 5.92 Å². The third kappa shape index (κ3) is 3.18. The zero-order chi connectivity index (χ0) is 20.2. The van der Waals surface area contributed by atoms with Gasteiger partial charge < -0.3 is 4.98 Å². The number of halogens is 2. The van der Waals surface area contributed by atoms with Crippen LogP contribution in [0, 0.1) is 11.7 Å².